The first-order valence-electron chi connectivity index (χ1n) is 11.0. The van der Waals surface area contributed by atoms with Gasteiger partial charge in [-0.25, -0.2) is 8.98 Å². The Morgan fingerprint density at radius 2 is 1.34 bits per heavy atom. The molecule has 0 rings (SSSR count). The zero-order chi connectivity index (χ0) is 21.8. The second-order valence-corrected chi connectivity index (χ2v) is 8.49. The molecule has 172 valence electrons. The van der Waals surface area contributed by atoms with Crippen molar-refractivity contribution < 1.29 is 31.8 Å². The molecule has 0 aliphatic carbocycles. The molecule has 2 N–H and O–H groups in total. The molecule has 8 heteroatoms. The standard InChI is InChI=1S/C21H40O7S/c1-2-3-4-5-6-7-8-9-10-11-12-13-14-15-16-17-18-27-29(25,26)28-21(24)20(23)19-22/h9-10,20,22-23H,2-8,11-19H2,1H3/b10-9-. The summed E-state index contributed by atoms with van der Waals surface area (Å²) in [6.45, 7) is 1.25. The molecule has 1 atom stereocenters. The molecule has 1 unspecified atom stereocenters. The Hall–Kier alpha value is -0.960. The van der Waals surface area contributed by atoms with E-state index >= 15 is 0 Å². The van der Waals surface area contributed by atoms with Gasteiger partial charge in [-0.1, -0.05) is 76.9 Å². The fourth-order valence-corrected chi connectivity index (χ4v) is 3.45. The molecule has 7 nitrogen and oxygen atoms in total. The molecule has 0 radical (unpaired) electrons. The molecule has 0 aliphatic rings. The predicted octanol–water partition coefficient (Wildman–Crippen LogP) is 4.18. The van der Waals surface area contributed by atoms with Crippen LogP contribution >= 0.6 is 0 Å². The second-order valence-electron chi connectivity index (χ2n) is 7.27. The van der Waals surface area contributed by atoms with Crippen molar-refractivity contribution >= 4 is 16.4 Å². The van der Waals surface area contributed by atoms with Gasteiger partial charge >= 0.3 is 16.4 Å². The van der Waals surface area contributed by atoms with Crippen LogP contribution in [0.2, 0.25) is 0 Å². The molecule has 29 heavy (non-hydrogen) atoms. The molecule has 0 heterocycles. The summed E-state index contributed by atoms with van der Waals surface area (Å²) in [6.07, 6.45) is 18.8. The van der Waals surface area contributed by atoms with E-state index in [0.717, 1.165) is 32.1 Å². The molecule has 0 fully saturated rings. The Labute approximate surface area is 176 Å². The summed E-state index contributed by atoms with van der Waals surface area (Å²) in [7, 11) is -4.48. The van der Waals surface area contributed by atoms with E-state index in [1.807, 2.05) is 0 Å². The number of hydrogen-bond acceptors (Lipinski definition) is 7. The van der Waals surface area contributed by atoms with Gasteiger partial charge in [0.25, 0.3) is 0 Å². The van der Waals surface area contributed by atoms with Crippen molar-refractivity contribution in [3.8, 4) is 0 Å². The lowest BCUT2D eigenvalue weighted by atomic mass is 10.1. The van der Waals surface area contributed by atoms with Gasteiger partial charge in [-0.15, -0.1) is 0 Å². The van der Waals surface area contributed by atoms with Gasteiger partial charge in [0.15, 0.2) is 6.10 Å². The number of allylic oxidation sites excluding steroid dienone is 2. The molecule has 0 aromatic heterocycles. The van der Waals surface area contributed by atoms with Crippen LogP contribution in [0.5, 0.6) is 0 Å². The Morgan fingerprint density at radius 3 is 1.86 bits per heavy atom. The number of carbonyl (C=O) groups is 1. The highest BCUT2D eigenvalue weighted by molar-refractivity contribution is 7.82. The first kappa shape index (κ1) is 28.0. The van der Waals surface area contributed by atoms with Crippen molar-refractivity contribution in [1.29, 1.82) is 0 Å². The van der Waals surface area contributed by atoms with Crippen LogP contribution < -0.4 is 0 Å². The minimum absolute atomic E-state index is 0.0774. The van der Waals surface area contributed by atoms with Gasteiger partial charge in [-0.05, 0) is 32.1 Å². The summed E-state index contributed by atoms with van der Waals surface area (Å²) in [4.78, 5) is 11.1. The molecule has 0 saturated carbocycles. The summed E-state index contributed by atoms with van der Waals surface area (Å²) < 4.78 is 31.3. The summed E-state index contributed by atoms with van der Waals surface area (Å²) in [5.41, 5.74) is 0. The van der Waals surface area contributed by atoms with E-state index in [1.165, 1.54) is 51.4 Å². The fourth-order valence-electron chi connectivity index (χ4n) is 2.77. The normalized spacial score (nSPS) is 13.1. The van der Waals surface area contributed by atoms with Crippen LogP contribution in [-0.2, 0) is 23.6 Å². The van der Waals surface area contributed by atoms with E-state index in [-0.39, 0.29) is 6.61 Å². The van der Waals surface area contributed by atoms with E-state index in [2.05, 4.69) is 27.4 Å². The number of hydrogen-bond donors (Lipinski definition) is 2. The lowest BCUT2D eigenvalue weighted by Crippen LogP contribution is -2.29. The largest absolute Gasteiger partial charge is 0.451 e. The maximum atomic E-state index is 11.4. The number of unbranched alkanes of at least 4 members (excludes halogenated alkanes) is 12. The minimum Gasteiger partial charge on any atom is -0.393 e. The van der Waals surface area contributed by atoms with Crippen molar-refractivity contribution in [1.82, 2.24) is 0 Å². The smallest absolute Gasteiger partial charge is 0.393 e. The van der Waals surface area contributed by atoms with E-state index < -0.39 is 29.1 Å². The van der Waals surface area contributed by atoms with Crippen LogP contribution in [0.3, 0.4) is 0 Å². The molecule has 0 amide bonds. The van der Waals surface area contributed by atoms with Crippen molar-refractivity contribution in [2.45, 2.75) is 103 Å². The van der Waals surface area contributed by atoms with Gasteiger partial charge in [0, 0.05) is 0 Å². The maximum absolute atomic E-state index is 11.4. The molecule has 0 aliphatic heterocycles. The molecule has 0 aromatic carbocycles. The van der Waals surface area contributed by atoms with E-state index in [1.54, 1.807) is 0 Å². The maximum Gasteiger partial charge on any atom is 0.451 e. The van der Waals surface area contributed by atoms with Gasteiger partial charge in [0.2, 0.25) is 0 Å². The molecule has 0 saturated heterocycles. The van der Waals surface area contributed by atoms with E-state index in [4.69, 9.17) is 10.2 Å². The fraction of sp³-hybridized carbons (Fsp3) is 0.857. The van der Waals surface area contributed by atoms with E-state index in [0.29, 0.717) is 6.42 Å². The van der Waals surface area contributed by atoms with Gasteiger partial charge in [-0.2, -0.15) is 8.42 Å². The van der Waals surface area contributed by atoms with Crippen molar-refractivity contribution in [2.75, 3.05) is 13.2 Å². The summed E-state index contributed by atoms with van der Waals surface area (Å²) in [5, 5.41) is 17.5. The zero-order valence-corrected chi connectivity index (χ0v) is 18.7. The number of rotatable bonds is 20. The van der Waals surface area contributed by atoms with Gasteiger partial charge in [-0.3, -0.25) is 0 Å². The average molecular weight is 437 g/mol. The van der Waals surface area contributed by atoms with Crippen LogP contribution in [0.1, 0.15) is 96.8 Å². The highest BCUT2D eigenvalue weighted by Gasteiger charge is 2.24. The third kappa shape index (κ3) is 18.8. The van der Waals surface area contributed by atoms with Crippen LogP contribution in [-0.4, -0.2) is 43.9 Å². The molecular weight excluding hydrogens is 396 g/mol. The van der Waals surface area contributed by atoms with Crippen molar-refractivity contribution in [3.05, 3.63) is 12.2 Å². The van der Waals surface area contributed by atoms with Crippen molar-refractivity contribution in [3.63, 3.8) is 0 Å². The molecule has 0 spiro atoms. The topological polar surface area (TPSA) is 110 Å². The Kier molecular flexibility index (Phi) is 18.4. The van der Waals surface area contributed by atoms with Crippen LogP contribution in [0.15, 0.2) is 12.2 Å². The van der Waals surface area contributed by atoms with E-state index in [9.17, 15) is 13.2 Å². The highest BCUT2D eigenvalue weighted by Crippen LogP contribution is 2.10. The van der Waals surface area contributed by atoms with Crippen LogP contribution in [0.4, 0.5) is 0 Å². The number of aliphatic hydroxyl groups excluding tert-OH is 2. The number of carbonyl (C=O) groups excluding carboxylic acids is 1. The van der Waals surface area contributed by atoms with Crippen LogP contribution in [0.25, 0.3) is 0 Å². The molecule has 0 aromatic rings. The lowest BCUT2D eigenvalue weighted by Gasteiger charge is -2.08. The first-order valence-corrected chi connectivity index (χ1v) is 12.3. The lowest BCUT2D eigenvalue weighted by molar-refractivity contribution is -0.145. The zero-order valence-electron chi connectivity index (χ0n) is 17.9. The monoisotopic (exact) mass is 436 g/mol. The molecule has 0 bridgehead atoms. The summed E-state index contributed by atoms with van der Waals surface area (Å²) in [5.74, 6) is -1.45. The highest BCUT2D eigenvalue weighted by atomic mass is 32.3. The summed E-state index contributed by atoms with van der Waals surface area (Å²) >= 11 is 0. The quantitative estimate of drug-likeness (QED) is 0.217. The average Bonchev–Trinajstić information content (AvgIpc) is 2.69. The van der Waals surface area contributed by atoms with Gasteiger partial charge in [0.05, 0.1) is 13.2 Å². The Bertz CT molecular complexity index is 517. The summed E-state index contributed by atoms with van der Waals surface area (Å²) in [6, 6.07) is 0. The van der Waals surface area contributed by atoms with Crippen molar-refractivity contribution in [2.24, 2.45) is 0 Å². The van der Waals surface area contributed by atoms with Gasteiger partial charge in [0.1, 0.15) is 0 Å². The predicted molar refractivity (Wildman–Crippen MR) is 114 cm³/mol. The van der Waals surface area contributed by atoms with Crippen LogP contribution in [0, 0.1) is 0 Å². The molecular formula is C21H40O7S. The third-order valence-corrected chi connectivity index (χ3v) is 5.34. The first-order chi connectivity index (χ1) is 13.9. The minimum atomic E-state index is -4.48. The Balaban J connectivity index is 3.45. The number of aliphatic hydroxyl groups is 2. The Morgan fingerprint density at radius 1 is 0.862 bits per heavy atom. The second kappa shape index (κ2) is 19.0. The third-order valence-electron chi connectivity index (χ3n) is 4.51. The SMILES string of the molecule is CCCCCCCC/C=C\CCCCCCCCOS(=O)(=O)OC(=O)C(O)CO. The van der Waals surface area contributed by atoms with Gasteiger partial charge < -0.3 is 14.4 Å².